The quantitative estimate of drug-likeness (QED) is 0.823. The molecule has 1 aliphatic heterocycles. The third-order valence-electron chi connectivity index (χ3n) is 3.08. The first kappa shape index (κ1) is 13.6. The van der Waals surface area contributed by atoms with Gasteiger partial charge in [0, 0.05) is 33.1 Å². The molecule has 0 atom stereocenters. The normalized spacial score (nSPS) is 15.5. The average molecular weight is 284 g/mol. The minimum atomic E-state index is -1.03. The van der Waals surface area contributed by atoms with E-state index in [2.05, 4.69) is 4.98 Å². The predicted octanol–water partition coefficient (Wildman–Crippen LogP) is 1.10. The average Bonchev–Trinajstić information content (AvgIpc) is 2.38. The zero-order valence-electron chi connectivity index (χ0n) is 10.5. The number of carbonyl (C=O) groups excluding carboxylic acids is 1. The van der Waals surface area contributed by atoms with Crippen molar-refractivity contribution >= 4 is 29.3 Å². The number of carboxylic acid groups (broad SMARTS) is 1. The van der Waals surface area contributed by atoms with Crippen LogP contribution in [0.3, 0.4) is 0 Å². The molecule has 19 heavy (non-hydrogen) atoms. The lowest BCUT2D eigenvalue weighted by molar-refractivity contribution is -0.129. The van der Waals surface area contributed by atoms with Gasteiger partial charge in [0.1, 0.15) is 11.0 Å². The number of aromatic nitrogens is 1. The van der Waals surface area contributed by atoms with E-state index < -0.39 is 5.97 Å². The molecule has 0 aliphatic carbocycles. The summed E-state index contributed by atoms with van der Waals surface area (Å²) in [4.78, 5) is 30.0. The summed E-state index contributed by atoms with van der Waals surface area (Å²) in [5.74, 6) is -0.453. The predicted molar refractivity (Wildman–Crippen MR) is 70.7 cm³/mol. The molecule has 1 aliphatic rings. The summed E-state index contributed by atoms with van der Waals surface area (Å²) < 4.78 is 0. The van der Waals surface area contributed by atoms with Crippen LogP contribution in [0.25, 0.3) is 0 Å². The van der Waals surface area contributed by atoms with E-state index in [0.29, 0.717) is 32.0 Å². The molecule has 1 saturated heterocycles. The highest BCUT2D eigenvalue weighted by Crippen LogP contribution is 2.19. The number of carbonyl (C=O) groups is 2. The van der Waals surface area contributed by atoms with Crippen molar-refractivity contribution in [3.8, 4) is 0 Å². The molecule has 2 rings (SSSR count). The summed E-state index contributed by atoms with van der Waals surface area (Å²) in [6.07, 6.45) is 0. The third kappa shape index (κ3) is 3.14. The Bertz CT molecular complexity index is 513. The van der Waals surface area contributed by atoms with Crippen molar-refractivity contribution in [2.75, 3.05) is 31.1 Å². The second kappa shape index (κ2) is 5.44. The van der Waals surface area contributed by atoms with Crippen molar-refractivity contribution in [2.45, 2.75) is 6.92 Å². The number of amides is 1. The fourth-order valence-electron chi connectivity index (χ4n) is 2.02. The smallest absolute Gasteiger partial charge is 0.335 e. The highest BCUT2D eigenvalue weighted by atomic mass is 35.5. The number of carboxylic acids is 1. The van der Waals surface area contributed by atoms with Gasteiger partial charge in [-0.15, -0.1) is 0 Å². The van der Waals surface area contributed by atoms with Crippen molar-refractivity contribution < 1.29 is 14.7 Å². The maximum atomic E-state index is 11.2. The van der Waals surface area contributed by atoms with Gasteiger partial charge in [0.15, 0.2) is 0 Å². The molecular weight excluding hydrogens is 270 g/mol. The zero-order valence-corrected chi connectivity index (χ0v) is 11.2. The molecule has 7 heteroatoms. The monoisotopic (exact) mass is 283 g/mol. The van der Waals surface area contributed by atoms with Crippen LogP contribution in [0.15, 0.2) is 12.1 Å². The number of piperazine rings is 1. The van der Waals surface area contributed by atoms with Crippen LogP contribution < -0.4 is 4.90 Å². The van der Waals surface area contributed by atoms with E-state index in [1.807, 2.05) is 4.90 Å². The lowest BCUT2D eigenvalue weighted by atomic mass is 10.2. The molecule has 0 saturated carbocycles. The Balaban J connectivity index is 2.15. The summed E-state index contributed by atoms with van der Waals surface area (Å²) in [6.45, 7) is 3.98. The number of aromatic carboxylic acids is 1. The Labute approximate surface area is 115 Å². The van der Waals surface area contributed by atoms with Crippen LogP contribution in [0.1, 0.15) is 17.3 Å². The van der Waals surface area contributed by atoms with E-state index in [1.54, 1.807) is 4.90 Å². The summed E-state index contributed by atoms with van der Waals surface area (Å²) in [7, 11) is 0. The Kier molecular flexibility index (Phi) is 3.90. The fraction of sp³-hybridized carbons (Fsp3) is 0.417. The first-order valence-corrected chi connectivity index (χ1v) is 6.26. The van der Waals surface area contributed by atoms with Crippen LogP contribution in [-0.4, -0.2) is 53.0 Å². The molecule has 0 radical (unpaired) electrons. The van der Waals surface area contributed by atoms with Crippen LogP contribution >= 0.6 is 11.6 Å². The summed E-state index contributed by atoms with van der Waals surface area (Å²) >= 11 is 5.83. The molecule has 1 N–H and O–H groups in total. The van der Waals surface area contributed by atoms with Gasteiger partial charge in [-0.3, -0.25) is 4.79 Å². The molecule has 1 aromatic rings. The number of rotatable bonds is 2. The SMILES string of the molecule is CC(=O)N1CCN(c2cc(C(=O)O)cc(Cl)n2)CC1. The van der Waals surface area contributed by atoms with Gasteiger partial charge in [-0.25, -0.2) is 9.78 Å². The van der Waals surface area contributed by atoms with Gasteiger partial charge < -0.3 is 14.9 Å². The minimum absolute atomic E-state index is 0.0462. The van der Waals surface area contributed by atoms with Crippen LogP contribution in [0, 0.1) is 0 Å². The molecule has 6 nitrogen and oxygen atoms in total. The van der Waals surface area contributed by atoms with Gasteiger partial charge >= 0.3 is 5.97 Å². The highest BCUT2D eigenvalue weighted by molar-refractivity contribution is 6.29. The summed E-state index contributed by atoms with van der Waals surface area (Å²) in [5, 5.41) is 9.15. The van der Waals surface area contributed by atoms with Gasteiger partial charge in [-0.05, 0) is 12.1 Å². The van der Waals surface area contributed by atoms with Crippen LogP contribution in [-0.2, 0) is 4.79 Å². The molecule has 1 aromatic heterocycles. The van der Waals surface area contributed by atoms with Crippen molar-refractivity contribution in [3.63, 3.8) is 0 Å². The Morgan fingerprint density at radius 2 is 1.89 bits per heavy atom. The number of anilines is 1. The lowest BCUT2D eigenvalue weighted by Gasteiger charge is -2.35. The second-order valence-corrected chi connectivity index (χ2v) is 4.72. The van der Waals surface area contributed by atoms with E-state index in [4.69, 9.17) is 16.7 Å². The van der Waals surface area contributed by atoms with E-state index in [-0.39, 0.29) is 16.6 Å². The van der Waals surface area contributed by atoms with E-state index in [0.717, 1.165) is 0 Å². The standard InChI is InChI=1S/C12H14ClN3O3/c1-8(17)15-2-4-16(5-3-15)11-7-9(12(18)19)6-10(13)14-11/h6-7H,2-5H2,1H3,(H,18,19). The molecular formula is C12H14ClN3O3. The molecule has 2 heterocycles. The van der Waals surface area contributed by atoms with Gasteiger partial charge in [-0.1, -0.05) is 11.6 Å². The number of pyridine rings is 1. The fourth-order valence-corrected chi connectivity index (χ4v) is 2.22. The lowest BCUT2D eigenvalue weighted by Crippen LogP contribution is -2.48. The largest absolute Gasteiger partial charge is 0.478 e. The van der Waals surface area contributed by atoms with Crippen molar-refractivity contribution in [1.82, 2.24) is 9.88 Å². The Morgan fingerprint density at radius 1 is 1.26 bits per heavy atom. The van der Waals surface area contributed by atoms with E-state index in [9.17, 15) is 9.59 Å². The summed E-state index contributed by atoms with van der Waals surface area (Å²) in [5.41, 5.74) is 0.115. The first-order valence-electron chi connectivity index (χ1n) is 5.88. The van der Waals surface area contributed by atoms with Gasteiger partial charge in [0.25, 0.3) is 0 Å². The zero-order chi connectivity index (χ0) is 14.0. The van der Waals surface area contributed by atoms with Crippen molar-refractivity contribution in [2.24, 2.45) is 0 Å². The van der Waals surface area contributed by atoms with Crippen molar-refractivity contribution in [3.05, 3.63) is 22.8 Å². The molecule has 0 bridgehead atoms. The Morgan fingerprint density at radius 3 is 2.42 bits per heavy atom. The topological polar surface area (TPSA) is 73.7 Å². The van der Waals surface area contributed by atoms with Gasteiger partial charge in [0.2, 0.25) is 5.91 Å². The molecule has 0 spiro atoms. The molecule has 102 valence electrons. The molecule has 1 fully saturated rings. The molecule has 0 unspecified atom stereocenters. The van der Waals surface area contributed by atoms with Gasteiger partial charge in [-0.2, -0.15) is 0 Å². The van der Waals surface area contributed by atoms with E-state index >= 15 is 0 Å². The summed E-state index contributed by atoms with van der Waals surface area (Å²) in [6, 6.07) is 2.82. The maximum absolute atomic E-state index is 11.2. The maximum Gasteiger partial charge on any atom is 0.335 e. The van der Waals surface area contributed by atoms with Crippen LogP contribution in [0.2, 0.25) is 5.15 Å². The number of nitrogens with zero attached hydrogens (tertiary/aromatic N) is 3. The molecule has 0 aromatic carbocycles. The first-order chi connectivity index (χ1) is 8.97. The van der Waals surface area contributed by atoms with Crippen LogP contribution in [0.4, 0.5) is 5.82 Å². The number of halogens is 1. The number of hydrogen-bond donors (Lipinski definition) is 1. The second-order valence-electron chi connectivity index (χ2n) is 4.34. The van der Waals surface area contributed by atoms with E-state index in [1.165, 1.54) is 19.1 Å². The van der Waals surface area contributed by atoms with Crippen LogP contribution in [0.5, 0.6) is 0 Å². The van der Waals surface area contributed by atoms with Crippen molar-refractivity contribution in [1.29, 1.82) is 0 Å². The Hall–Kier alpha value is -1.82. The highest BCUT2D eigenvalue weighted by Gasteiger charge is 2.20. The third-order valence-corrected chi connectivity index (χ3v) is 3.27. The minimum Gasteiger partial charge on any atom is -0.478 e. The molecule has 1 amide bonds. The number of hydrogen-bond acceptors (Lipinski definition) is 4. The van der Waals surface area contributed by atoms with Gasteiger partial charge in [0.05, 0.1) is 5.56 Å².